The Labute approximate surface area is 112 Å². The number of nitrogens with one attached hydrogen (secondary N) is 1. The Morgan fingerprint density at radius 3 is 2.56 bits per heavy atom. The number of carbonyl (C=O) groups excluding carboxylic acids is 1. The minimum atomic E-state index is -1.19. The Bertz CT molecular complexity index is 399. The van der Waals surface area contributed by atoms with Gasteiger partial charge in [-0.05, 0) is 25.7 Å². The molecule has 1 aromatic rings. The van der Waals surface area contributed by atoms with E-state index in [4.69, 9.17) is 0 Å². The molecule has 3 nitrogen and oxygen atoms in total. The lowest BCUT2D eigenvalue weighted by Gasteiger charge is -2.05. The monoisotopic (exact) mass is 269 g/mol. The number of thiophene rings is 1. The van der Waals surface area contributed by atoms with Gasteiger partial charge in [0, 0.05) is 21.6 Å². The average molecular weight is 269 g/mol. The molecular formula is C14H23NO2S. The molecule has 18 heavy (non-hydrogen) atoms. The van der Waals surface area contributed by atoms with Crippen molar-refractivity contribution in [1.82, 2.24) is 0 Å². The number of hydrogen-bond donors (Lipinski definition) is 1. The van der Waals surface area contributed by atoms with Crippen LogP contribution in [0, 0.1) is 0 Å². The van der Waals surface area contributed by atoms with E-state index in [1.54, 1.807) is 0 Å². The van der Waals surface area contributed by atoms with Gasteiger partial charge in [-0.3, -0.25) is 5.32 Å². The van der Waals surface area contributed by atoms with Gasteiger partial charge in [0.2, 0.25) is 5.00 Å². The summed E-state index contributed by atoms with van der Waals surface area (Å²) >= 11 is 0. The van der Waals surface area contributed by atoms with Gasteiger partial charge < -0.3 is 9.90 Å². The molecular weight excluding hydrogens is 246 g/mol. The molecule has 1 aromatic heterocycles. The summed E-state index contributed by atoms with van der Waals surface area (Å²) in [7, 11) is -0.0635. The first-order chi connectivity index (χ1) is 8.63. The number of rotatable bonds is 7. The van der Waals surface area contributed by atoms with Crippen LogP contribution in [0.5, 0.6) is 0 Å². The van der Waals surface area contributed by atoms with Gasteiger partial charge in [-0.1, -0.05) is 27.2 Å². The fraction of sp³-hybridized carbons (Fsp3) is 0.643. The molecule has 0 bridgehead atoms. The number of amides is 1. The number of carboxylic acid groups (broad SMARTS) is 1. The van der Waals surface area contributed by atoms with Gasteiger partial charge in [-0.15, -0.1) is 0 Å². The molecule has 1 atom stereocenters. The molecule has 4 heteroatoms. The molecule has 0 spiro atoms. The zero-order valence-corrected chi connectivity index (χ0v) is 12.4. The van der Waals surface area contributed by atoms with E-state index in [-0.39, 0.29) is 10.5 Å². The van der Waals surface area contributed by atoms with Crippen molar-refractivity contribution in [2.24, 2.45) is 0 Å². The fourth-order valence-corrected chi connectivity index (χ4v) is 4.47. The number of carbonyl (C=O) groups is 1. The van der Waals surface area contributed by atoms with Gasteiger partial charge in [0.05, 0.1) is 0 Å². The predicted molar refractivity (Wildman–Crippen MR) is 76.2 cm³/mol. The molecule has 0 aromatic carbocycles. The highest BCUT2D eigenvalue weighted by Gasteiger charge is 2.23. The van der Waals surface area contributed by atoms with E-state index < -0.39 is 6.09 Å². The highest BCUT2D eigenvalue weighted by molar-refractivity contribution is 7.33. The minimum Gasteiger partial charge on any atom is -0.530 e. The zero-order chi connectivity index (χ0) is 13.5. The maximum absolute atomic E-state index is 10.8. The molecule has 0 aliphatic carbocycles. The Hall–Kier alpha value is -1.03. The van der Waals surface area contributed by atoms with Crippen molar-refractivity contribution in [3.05, 3.63) is 16.5 Å². The van der Waals surface area contributed by atoms with Crippen molar-refractivity contribution in [1.29, 1.82) is 0 Å². The van der Waals surface area contributed by atoms with Crippen molar-refractivity contribution in [3.8, 4) is 0 Å². The van der Waals surface area contributed by atoms with Crippen LogP contribution < -0.4 is 10.4 Å². The number of unbranched alkanes of at least 4 members (excludes halogenated alkanes) is 1. The molecule has 102 valence electrons. The molecule has 0 aliphatic heterocycles. The van der Waals surface area contributed by atoms with E-state index in [0.29, 0.717) is 0 Å². The van der Waals surface area contributed by atoms with Crippen LogP contribution in [0.2, 0.25) is 0 Å². The Morgan fingerprint density at radius 1 is 1.33 bits per heavy atom. The molecule has 0 saturated carbocycles. The summed E-state index contributed by atoms with van der Waals surface area (Å²) < 4.78 is 0. The number of hydrogen-bond acceptors (Lipinski definition) is 2. The molecule has 0 fully saturated rings. The summed E-state index contributed by atoms with van der Waals surface area (Å²) in [5.74, 6) is 1.02. The third-order valence-corrected chi connectivity index (χ3v) is 5.29. The van der Waals surface area contributed by atoms with Crippen LogP contribution >= 0.6 is 10.5 Å². The Morgan fingerprint density at radius 2 is 2.06 bits per heavy atom. The lowest BCUT2D eigenvalue weighted by Crippen LogP contribution is -2.29. The summed E-state index contributed by atoms with van der Waals surface area (Å²) in [4.78, 5) is 10.8. The second-order valence-corrected chi connectivity index (χ2v) is 6.36. The van der Waals surface area contributed by atoms with Crippen molar-refractivity contribution >= 4 is 21.6 Å². The van der Waals surface area contributed by atoms with Crippen molar-refractivity contribution < 1.29 is 9.90 Å². The molecule has 1 amide bonds. The third-order valence-electron chi connectivity index (χ3n) is 3.00. The van der Waals surface area contributed by atoms with E-state index in [1.807, 2.05) is 0 Å². The van der Waals surface area contributed by atoms with Crippen LogP contribution in [0.4, 0.5) is 9.80 Å². The molecule has 0 saturated heterocycles. The molecule has 0 aliphatic rings. The number of aryl methyl sites for hydroxylation is 2. The molecule has 1 unspecified atom stereocenters. The van der Waals surface area contributed by atoms with Crippen molar-refractivity contribution in [2.45, 2.75) is 58.6 Å². The second-order valence-electron chi connectivity index (χ2n) is 4.45. The van der Waals surface area contributed by atoms with Crippen molar-refractivity contribution in [3.63, 3.8) is 0 Å². The van der Waals surface area contributed by atoms with E-state index in [0.717, 1.165) is 36.4 Å². The first-order valence-corrected chi connectivity index (χ1v) is 8.21. The summed E-state index contributed by atoms with van der Waals surface area (Å²) in [6, 6.07) is 0. The quantitative estimate of drug-likeness (QED) is 0.770. The standard InChI is InChI=1S/C14H23NO2S/c1-4-7-8-11-10-18(9-5-2)13(12(11)6-3)15-14(16)17/h10,15H,4-9H2,1-3H3. The van der Waals surface area contributed by atoms with E-state index in [1.165, 1.54) is 17.5 Å². The maximum Gasteiger partial charge on any atom is 0.249 e. The summed E-state index contributed by atoms with van der Waals surface area (Å²) in [6.45, 7) is 6.40. The predicted octanol–water partition coefficient (Wildman–Crippen LogP) is 3.51. The molecule has 1 heterocycles. The molecule has 1 rings (SSSR count). The van der Waals surface area contributed by atoms with Crippen LogP contribution in [0.25, 0.3) is 0 Å². The van der Waals surface area contributed by atoms with E-state index >= 15 is 0 Å². The van der Waals surface area contributed by atoms with E-state index in [9.17, 15) is 9.90 Å². The van der Waals surface area contributed by atoms with Gasteiger partial charge in [-0.2, -0.15) is 0 Å². The van der Waals surface area contributed by atoms with Gasteiger partial charge >= 0.3 is 0 Å². The van der Waals surface area contributed by atoms with Crippen LogP contribution in [0.1, 0.15) is 51.2 Å². The highest BCUT2D eigenvalue weighted by Crippen LogP contribution is 2.40. The first kappa shape index (κ1) is 15.0. The van der Waals surface area contributed by atoms with Crippen LogP contribution in [0.15, 0.2) is 5.38 Å². The summed E-state index contributed by atoms with van der Waals surface area (Å²) in [6.07, 6.45) is 4.16. The average Bonchev–Trinajstić information content (AvgIpc) is 2.64. The highest BCUT2D eigenvalue weighted by atomic mass is 32.2. The lowest BCUT2D eigenvalue weighted by atomic mass is 10.1. The normalized spacial score (nSPS) is 11.6. The second kappa shape index (κ2) is 7.41. The van der Waals surface area contributed by atoms with Crippen LogP contribution in [-0.2, 0) is 18.6 Å². The third kappa shape index (κ3) is 3.73. The lowest BCUT2D eigenvalue weighted by molar-refractivity contribution is -0.242. The molecule has 0 radical (unpaired) electrons. The van der Waals surface area contributed by atoms with Gasteiger partial charge in [0.25, 0.3) is 0 Å². The smallest absolute Gasteiger partial charge is 0.249 e. The van der Waals surface area contributed by atoms with Gasteiger partial charge in [-0.25, -0.2) is 0 Å². The van der Waals surface area contributed by atoms with Gasteiger partial charge in [0.1, 0.15) is 17.2 Å². The van der Waals surface area contributed by atoms with Gasteiger partial charge in [0.15, 0.2) is 0 Å². The summed E-state index contributed by atoms with van der Waals surface area (Å²) in [5.41, 5.74) is 2.55. The van der Waals surface area contributed by atoms with Crippen molar-refractivity contribution in [2.75, 3.05) is 5.32 Å². The maximum atomic E-state index is 10.8. The van der Waals surface area contributed by atoms with E-state index in [2.05, 4.69) is 31.5 Å². The SMILES string of the molecule is CCCCc1c[s+](CCC)c(NC(=O)[O-])c1CC. The summed E-state index contributed by atoms with van der Waals surface area (Å²) in [5, 5.41) is 16.5. The molecule has 1 N–H and O–H groups in total. The topological polar surface area (TPSA) is 52.2 Å². The van der Waals surface area contributed by atoms with Crippen LogP contribution in [0.3, 0.4) is 0 Å². The minimum absolute atomic E-state index is 0.0635. The Balaban J connectivity index is 3.07. The van der Waals surface area contributed by atoms with Crippen LogP contribution in [-0.4, -0.2) is 6.09 Å². The largest absolute Gasteiger partial charge is 0.530 e. The number of anilines is 1. The zero-order valence-electron chi connectivity index (χ0n) is 11.5. The Kier molecular flexibility index (Phi) is 6.19. The fourth-order valence-electron chi connectivity index (χ4n) is 2.19. The first-order valence-electron chi connectivity index (χ1n) is 6.75.